The lowest BCUT2D eigenvalue weighted by Crippen LogP contribution is -2.38. The molecule has 2 N–H and O–H groups in total. The lowest BCUT2D eigenvalue weighted by molar-refractivity contribution is -0.138. The van der Waals surface area contributed by atoms with E-state index in [1.807, 2.05) is 0 Å². The smallest absolute Gasteiger partial charge is 0.419 e. The first-order valence-electron chi connectivity index (χ1n) is 12.5. The van der Waals surface area contributed by atoms with Gasteiger partial charge < -0.3 is 20.1 Å². The van der Waals surface area contributed by atoms with Gasteiger partial charge in [-0.1, -0.05) is 29.3 Å². The second-order valence-corrected chi connectivity index (χ2v) is 10.2. The molecular formula is C29H22Cl2F4N4O4. The van der Waals surface area contributed by atoms with Crippen molar-refractivity contribution in [1.29, 1.82) is 0 Å². The lowest BCUT2D eigenvalue weighted by atomic mass is 10.1. The van der Waals surface area contributed by atoms with Crippen molar-refractivity contribution in [3.8, 4) is 11.5 Å². The average molecular weight is 637 g/mol. The largest absolute Gasteiger partial charge is 0.478 e. The Balaban J connectivity index is 1.70. The first-order chi connectivity index (χ1) is 20.3. The summed E-state index contributed by atoms with van der Waals surface area (Å²) < 4.78 is 62.8. The van der Waals surface area contributed by atoms with Crippen LogP contribution in [-0.4, -0.2) is 33.0 Å². The van der Waals surface area contributed by atoms with E-state index in [1.165, 1.54) is 30.6 Å². The number of halogens is 6. The molecule has 0 radical (unpaired) electrons. The number of ether oxygens (including phenoxy) is 1. The van der Waals surface area contributed by atoms with E-state index in [4.69, 9.17) is 27.9 Å². The zero-order valence-corrected chi connectivity index (χ0v) is 23.9. The lowest BCUT2D eigenvalue weighted by Gasteiger charge is -2.28. The van der Waals surface area contributed by atoms with Crippen molar-refractivity contribution in [3.63, 3.8) is 0 Å². The molecule has 4 aromatic rings. The number of carbonyl (C=O) groups is 2. The van der Waals surface area contributed by atoms with Crippen LogP contribution in [0.2, 0.25) is 10.2 Å². The van der Waals surface area contributed by atoms with Gasteiger partial charge in [-0.15, -0.1) is 0 Å². The fourth-order valence-corrected chi connectivity index (χ4v) is 4.37. The van der Waals surface area contributed by atoms with Crippen LogP contribution in [0.15, 0.2) is 67.0 Å². The molecule has 0 aliphatic heterocycles. The van der Waals surface area contributed by atoms with Gasteiger partial charge in [0.05, 0.1) is 27.5 Å². The van der Waals surface area contributed by atoms with Crippen molar-refractivity contribution in [3.05, 3.63) is 105 Å². The number of carboxylic acids is 1. The predicted molar refractivity (Wildman–Crippen MR) is 153 cm³/mol. The Bertz CT molecular complexity index is 1670. The van der Waals surface area contributed by atoms with Crippen LogP contribution in [0.25, 0.3) is 0 Å². The molecule has 224 valence electrons. The minimum atomic E-state index is -4.91. The van der Waals surface area contributed by atoms with Crippen LogP contribution >= 0.6 is 23.2 Å². The van der Waals surface area contributed by atoms with Crippen LogP contribution in [0.1, 0.15) is 45.8 Å². The number of rotatable bonds is 9. The molecule has 14 heteroatoms. The number of aromatic carboxylic acids is 1. The van der Waals surface area contributed by atoms with Crippen LogP contribution in [0.5, 0.6) is 11.5 Å². The molecule has 0 bridgehead atoms. The Hall–Kier alpha value is -4.42. The van der Waals surface area contributed by atoms with Crippen molar-refractivity contribution < 1.29 is 37.0 Å². The number of nitrogens with zero attached hydrogens (tertiary/aromatic N) is 3. The Kier molecular flexibility index (Phi) is 9.41. The van der Waals surface area contributed by atoms with Gasteiger partial charge in [-0.25, -0.2) is 19.2 Å². The minimum Gasteiger partial charge on any atom is -0.478 e. The summed E-state index contributed by atoms with van der Waals surface area (Å²) in [6, 6.07) is 9.83. The van der Waals surface area contributed by atoms with Crippen molar-refractivity contribution in [2.45, 2.75) is 32.6 Å². The Labute approximate surface area is 252 Å². The summed E-state index contributed by atoms with van der Waals surface area (Å²) in [6.45, 7) is 3.08. The monoisotopic (exact) mass is 636 g/mol. The van der Waals surface area contributed by atoms with E-state index >= 15 is 4.39 Å². The van der Waals surface area contributed by atoms with Crippen LogP contribution in [-0.2, 0) is 12.7 Å². The number of amides is 1. The topological polar surface area (TPSA) is 105 Å². The third-order valence-corrected chi connectivity index (χ3v) is 6.56. The Morgan fingerprint density at radius 2 is 1.79 bits per heavy atom. The van der Waals surface area contributed by atoms with Crippen LogP contribution < -0.4 is 15.0 Å². The molecular weight excluding hydrogens is 615 g/mol. The molecule has 0 fully saturated rings. The molecule has 4 rings (SSSR count). The molecule has 43 heavy (non-hydrogen) atoms. The summed E-state index contributed by atoms with van der Waals surface area (Å²) in [5.41, 5.74) is -1.65. The maximum atomic E-state index is 15.4. The SMILES string of the molecule is CC(C)N(C(=O)c1ccc(Cl)cn1)c1cc(F)c(Oc2ccc(CNc3cccnc3Cl)cc2C(F)(F)F)cc1C(=O)O. The number of hydrogen-bond acceptors (Lipinski definition) is 6. The van der Waals surface area contributed by atoms with E-state index in [-0.39, 0.29) is 33.7 Å². The number of aromatic nitrogens is 2. The van der Waals surface area contributed by atoms with E-state index in [1.54, 1.807) is 26.0 Å². The molecule has 0 aliphatic rings. The van der Waals surface area contributed by atoms with E-state index in [0.29, 0.717) is 5.69 Å². The maximum absolute atomic E-state index is 15.4. The highest BCUT2D eigenvalue weighted by Crippen LogP contribution is 2.41. The molecule has 0 unspecified atom stereocenters. The van der Waals surface area contributed by atoms with Gasteiger partial charge in [-0.05, 0) is 55.8 Å². The third-order valence-electron chi connectivity index (χ3n) is 6.03. The number of pyridine rings is 2. The summed E-state index contributed by atoms with van der Waals surface area (Å²) in [5.74, 6) is -5.08. The van der Waals surface area contributed by atoms with Crippen LogP contribution in [0, 0.1) is 5.82 Å². The number of hydrogen-bond donors (Lipinski definition) is 2. The van der Waals surface area contributed by atoms with E-state index in [0.717, 1.165) is 29.2 Å². The molecule has 0 atom stereocenters. The zero-order chi connectivity index (χ0) is 31.5. The van der Waals surface area contributed by atoms with Crippen molar-refractivity contribution in [2.75, 3.05) is 10.2 Å². The highest BCUT2D eigenvalue weighted by Gasteiger charge is 2.36. The highest BCUT2D eigenvalue weighted by atomic mass is 35.5. The van der Waals surface area contributed by atoms with Gasteiger partial charge in [-0.2, -0.15) is 13.2 Å². The first kappa shape index (κ1) is 31.5. The molecule has 0 saturated heterocycles. The van der Waals surface area contributed by atoms with Gasteiger partial charge in [0.25, 0.3) is 5.91 Å². The molecule has 2 heterocycles. The summed E-state index contributed by atoms with van der Waals surface area (Å²) >= 11 is 11.8. The summed E-state index contributed by atoms with van der Waals surface area (Å²) in [7, 11) is 0. The van der Waals surface area contributed by atoms with Crippen LogP contribution in [0.3, 0.4) is 0 Å². The van der Waals surface area contributed by atoms with Gasteiger partial charge >= 0.3 is 12.1 Å². The Morgan fingerprint density at radius 1 is 1.05 bits per heavy atom. The molecule has 2 aromatic heterocycles. The summed E-state index contributed by atoms with van der Waals surface area (Å²) in [5, 5.41) is 13.2. The second-order valence-electron chi connectivity index (χ2n) is 9.36. The summed E-state index contributed by atoms with van der Waals surface area (Å²) in [6.07, 6.45) is -2.23. The van der Waals surface area contributed by atoms with Gasteiger partial charge in [0.15, 0.2) is 16.7 Å². The summed E-state index contributed by atoms with van der Waals surface area (Å²) in [4.78, 5) is 34.3. The number of carbonyl (C=O) groups excluding carboxylic acids is 1. The normalized spacial score (nSPS) is 11.4. The van der Waals surface area contributed by atoms with Gasteiger partial charge in [0.1, 0.15) is 11.4 Å². The van der Waals surface area contributed by atoms with E-state index in [2.05, 4.69) is 15.3 Å². The third kappa shape index (κ3) is 7.33. The van der Waals surface area contributed by atoms with Crippen molar-refractivity contribution in [1.82, 2.24) is 9.97 Å². The molecule has 2 aromatic carbocycles. The number of carboxylic acid groups (broad SMARTS) is 1. The number of benzene rings is 2. The van der Waals surface area contributed by atoms with E-state index in [9.17, 15) is 27.9 Å². The standard InChI is InChI=1S/C29H22Cl2F4N4O4/c1-15(2)39(27(40)22-7-6-17(30)14-38-22)23-12-20(32)25(11-18(23)28(41)42)43-24-8-5-16(10-19(24)29(33,34)35)13-37-21-4-3-9-36-26(21)31/h3-12,14-15,37H,13H2,1-2H3,(H,41,42). The molecule has 0 aliphatic carbocycles. The molecule has 1 amide bonds. The maximum Gasteiger partial charge on any atom is 0.419 e. The molecule has 0 spiro atoms. The number of nitrogens with one attached hydrogen (secondary N) is 1. The fraction of sp³-hybridized carbons (Fsp3) is 0.172. The number of alkyl halides is 3. The first-order valence-corrected chi connectivity index (χ1v) is 13.3. The van der Waals surface area contributed by atoms with Gasteiger partial charge in [-0.3, -0.25) is 4.79 Å². The quantitative estimate of drug-likeness (QED) is 0.141. The number of anilines is 2. The molecule has 8 nitrogen and oxygen atoms in total. The zero-order valence-electron chi connectivity index (χ0n) is 22.4. The van der Waals surface area contributed by atoms with E-state index < -0.39 is 52.5 Å². The van der Waals surface area contributed by atoms with Crippen LogP contribution in [0.4, 0.5) is 28.9 Å². The average Bonchev–Trinajstić information content (AvgIpc) is 2.94. The highest BCUT2D eigenvalue weighted by molar-refractivity contribution is 6.32. The van der Waals surface area contributed by atoms with Crippen molar-refractivity contribution in [2.24, 2.45) is 0 Å². The predicted octanol–water partition coefficient (Wildman–Crippen LogP) is 8.10. The fourth-order valence-electron chi connectivity index (χ4n) is 4.07. The second kappa shape index (κ2) is 12.8. The minimum absolute atomic E-state index is 0.0530. The van der Waals surface area contributed by atoms with Crippen molar-refractivity contribution >= 4 is 46.5 Å². The Morgan fingerprint density at radius 3 is 2.40 bits per heavy atom. The van der Waals surface area contributed by atoms with Gasteiger partial charge in [0, 0.05) is 37.1 Å². The molecule has 0 saturated carbocycles. The van der Waals surface area contributed by atoms with Gasteiger partial charge in [0.2, 0.25) is 0 Å².